The number of amides is 2. The topological polar surface area (TPSA) is 49.4 Å². The van der Waals surface area contributed by atoms with Gasteiger partial charge in [-0.25, -0.2) is 0 Å². The number of hydrogen-bond acceptors (Lipinski definition) is 2. The highest BCUT2D eigenvalue weighted by Gasteiger charge is 2.37. The predicted octanol–water partition coefficient (Wildman–Crippen LogP) is 1.94. The van der Waals surface area contributed by atoms with Gasteiger partial charge in [-0.2, -0.15) is 0 Å². The summed E-state index contributed by atoms with van der Waals surface area (Å²) in [5.74, 6) is 0.526. The average molecular weight is 254 g/mol. The highest BCUT2D eigenvalue weighted by Crippen LogP contribution is 2.17. The summed E-state index contributed by atoms with van der Waals surface area (Å²) in [6.07, 6.45) is 3.85. The Morgan fingerprint density at radius 1 is 1.28 bits per heavy atom. The van der Waals surface area contributed by atoms with Crippen molar-refractivity contribution in [2.45, 2.75) is 65.5 Å². The number of nitrogens with zero attached hydrogens (tertiary/aromatic N) is 1. The van der Waals surface area contributed by atoms with Gasteiger partial charge in [0.05, 0.1) is 0 Å². The normalized spacial score (nSPS) is 26.1. The minimum atomic E-state index is -0.329. The van der Waals surface area contributed by atoms with Crippen LogP contribution in [0.5, 0.6) is 0 Å². The molecule has 1 aliphatic rings. The lowest BCUT2D eigenvalue weighted by atomic mass is 10.00. The minimum absolute atomic E-state index is 0.0169. The molecule has 3 unspecified atom stereocenters. The van der Waals surface area contributed by atoms with E-state index in [0.29, 0.717) is 12.5 Å². The zero-order valence-corrected chi connectivity index (χ0v) is 12.0. The van der Waals surface area contributed by atoms with Crippen molar-refractivity contribution >= 4 is 11.8 Å². The molecule has 0 aromatic carbocycles. The van der Waals surface area contributed by atoms with Crippen molar-refractivity contribution in [3.05, 3.63) is 0 Å². The maximum Gasteiger partial charge on any atom is 0.245 e. The summed E-state index contributed by atoms with van der Waals surface area (Å²) in [5.41, 5.74) is 0. The molecule has 0 aromatic rings. The van der Waals surface area contributed by atoms with Crippen molar-refractivity contribution in [1.82, 2.24) is 10.2 Å². The lowest BCUT2D eigenvalue weighted by Crippen LogP contribution is -2.62. The number of piperazine rings is 1. The van der Waals surface area contributed by atoms with E-state index in [9.17, 15) is 9.59 Å². The van der Waals surface area contributed by atoms with Crippen molar-refractivity contribution < 1.29 is 9.59 Å². The van der Waals surface area contributed by atoms with E-state index in [0.717, 1.165) is 25.7 Å². The maximum atomic E-state index is 12.3. The highest BCUT2D eigenvalue weighted by molar-refractivity contribution is 5.96. The fourth-order valence-electron chi connectivity index (χ4n) is 2.54. The molecule has 0 saturated carbocycles. The van der Waals surface area contributed by atoms with E-state index in [4.69, 9.17) is 0 Å². The Labute approximate surface area is 110 Å². The third-order valence-corrected chi connectivity index (χ3v) is 3.61. The van der Waals surface area contributed by atoms with Crippen molar-refractivity contribution in [3.8, 4) is 0 Å². The lowest BCUT2D eigenvalue weighted by Gasteiger charge is -2.38. The van der Waals surface area contributed by atoms with E-state index in [-0.39, 0.29) is 23.9 Å². The number of hydrogen-bond donors (Lipinski definition) is 1. The summed E-state index contributed by atoms with van der Waals surface area (Å²) in [6.45, 7) is 8.83. The Balaban J connectivity index is 2.72. The van der Waals surface area contributed by atoms with Gasteiger partial charge in [0, 0.05) is 6.54 Å². The van der Waals surface area contributed by atoms with Crippen molar-refractivity contribution in [2.24, 2.45) is 5.92 Å². The van der Waals surface area contributed by atoms with E-state index >= 15 is 0 Å². The Bertz CT molecular complexity index is 304. The van der Waals surface area contributed by atoms with Gasteiger partial charge in [-0.15, -0.1) is 0 Å². The van der Waals surface area contributed by atoms with Crippen LogP contribution in [-0.4, -0.2) is 35.3 Å². The highest BCUT2D eigenvalue weighted by atomic mass is 16.2. The van der Waals surface area contributed by atoms with Crippen LogP contribution < -0.4 is 5.32 Å². The molecule has 1 N–H and O–H groups in total. The molecule has 1 heterocycles. The smallest absolute Gasteiger partial charge is 0.245 e. The Hall–Kier alpha value is -1.06. The summed E-state index contributed by atoms with van der Waals surface area (Å²) in [6, 6.07) is -0.641. The minimum Gasteiger partial charge on any atom is -0.343 e. The SMILES string of the molecule is CCCC(C)CN1C(=O)C(CCC)NC(=O)C1C. The molecule has 1 fully saturated rings. The first-order valence-corrected chi connectivity index (χ1v) is 7.12. The second-order valence-corrected chi connectivity index (χ2v) is 5.41. The number of rotatable bonds is 6. The van der Waals surface area contributed by atoms with Gasteiger partial charge in [0.25, 0.3) is 0 Å². The van der Waals surface area contributed by atoms with Crippen molar-refractivity contribution in [3.63, 3.8) is 0 Å². The number of carbonyl (C=O) groups is 2. The third-order valence-electron chi connectivity index (χ3n) is 3.61. The summed E-state index contributed by atoms with van der Waals surface area (Å²) in [4.78, 5) is 26.0. The van der Waals surface area contributed by atoms with Gasteiger partial charge in [0.15, 0.2) is 0 Å². The van der Waals surface area contributed by atoms with Gasteiger partial charge in [-0.1, -0.05) is 33.6 Å². The van der Waals surface area contributed by atoms with E-state index in [2.05, 4.69) is 19.2 Å². The molecule has 1 saturated heterocycles. The molecule has 0 aromatic heterocycles. The quantitative estimate of drug-likeness (QED) is 0.787. The number of carbonyl (C=O) groups excluding carboxylic acids is 2. The van der Waals surface area contributed by atoms with Gasteiger partial charge in [0.2, 0.25) is 11.8 Å². The second-order valence-electron chi connectivity index (χ2n) is 5.41. The molecule has 1 aliphatic heterocycles. The fraction of sp³-hybridized carbons (Fsp3) is 0.857. The first-order chi connectivity index (χ1) is 8.51. The van der Waals surface area contributed by atoms with Crippen LogP contribution in [0.25, 0.3) is 0 Å². The van der Waals surface area contributed by atoms with Gasteiger partial charge in [-0.05, 0) is 25.7 Å². The van der Waals surface area contributed by atoms with Crippen LogP contribution >= 0.6 is 0 Å². The molecule has 3 atom stereocenters. The molecular formula is C14H26N2O2. The maximum absolute atomic E-state index is 12.3. The third kappa shape index (κ3) is 3.47. The van der Waals surface area contributed by atoms with Crippen molar-refractivity contribution in [2.75, 3.05) is 6.54 Å². The summed E-state index contributed by atoms with van der Waals surface area (Å²) in [7, 11) is 0. The number of nitrogens with one attached hydrogen (secondary N) is 1. The van der Waals surface area contributed by atoms with Crippen molar-refractivity contribution in [1.29, 1.82) is 0 Å². The van der Waals surface area contributed by atoms with Crippen LogP contribution in [0.4, 0.5) is 0 Å². The largest absolute Gasteiger partial charge is 0.343 e. The molecule has 1 rings (SSSR count). The Morgan fingerprint density at radius 3 is 2.50 bits per heavy atom. The van der Waals surface area contributed by atoms with Crippen LogP contribution in [0.2, 0.25) is 0 Å². The van der Waals surface area contributed by atoms with Crippen LogP contribution in [0.1, 0.15) is 53.4 Å². The zero-order chi connectivity index (χ0) is 13.7. The molecule has 4 nitrogen and oxygen atoms in total. The van der Waals surface area contributed by atoms with E-state index in [1.165, 1.54) is 0 Å². The Kier molecular flexibility index (Phi) is 5.63. The molecular weight excluding hydrogens is 228 g/mol. The van der Waals surface area contributed by atoms with Crippen LogP contribution in [0.15, 0.2) is 0 Å². The summed E-state index contributed by atoms with van der Waals surface area (Å²) < 4.78 is 0. The Morgan fingerprint density at radius 2 is 1.94 bits per heavy atom. The molecule has 18 heavy (non-hydrogen) atoms. The van der Waals surface area contributed by atoms with E-state index in [1.54, 1.807) is 4.90 Å². The monoisotopic (exact) mass is 254 g/mol. The van der Waals surface area contributed by atoms with E-state index in [1.807, 2.05) is 13.8 Å². The lowest BCUT2D eigenvalue weighted by molar-refractivity contribution is -0.149. The van der Waals surface area contributed by atoms with E-state index < -0.39 is 0 Å². The molecule has 0 bridgehead atoms. The molecule has 4 heteroatoms. The first-order valence-electron chi connectivity index (χ1n) is 7.12. The van der Waals surface area contributed by atoms with Crippen LogP contribution in [0.3, 0.4) is 0 Å². The van der Waals surface area contributed by atoms with Crippen LogP contribution in [0, 0.1) is 5.92 Å². The molecule has 2 amide bonds. The van der Waals surface area contributed by atoms with Gasteiger partial charge < -0.3 is 10.2 Å². The molecule has 0 spiro atoms. The molecule has 0 radical (unpaired) electrons. The molecule has 104 valence electrons. The second kappa shape index (κ2) is 6.76. The summed E-state index contributed by atoms with van der Waals surface area (Å²) in [5, 5.41) is 2.82. The average Bonchev–Trinajstić information content (AvgIpc) is 2.32. The van der Waals surface area contributed by atoms with Gasteiger partial charge >= 0.3 is 0 Å². The molecule has 0 aliphatic carbocycles. The predicted molar refractivity (Wildman–Crippen MR) is 72.1 cm³/mol. The van der Waals surface area contributed by atoms with Gasteiger partial charge in [-0.3, -0.25) is 9.59 Å². The van der Waals surface area contributed by atoms with Gasteiger partial charge in [0.1, 0.15) is 12.1 Å². The standard InChI is InChI=1S/C14H26N2O2/c1-5-7-10(3)9-16-11(4)13(17)15-12(8-6-2)14(16)18/h10-12H,5-9H2,1-4H3,(H,15,17). The van der Waals surface area contributed by atoms with Crippen LogP contribution in [-0.2, 0) is 9.59 Å². The summed E-state index contributed by atoms with van der Waals surface area (Å²) >= 11 is 0. The fourth-order valence-corrected chi connectivity index (χ4v) is 2.54. The first kappa shape index (κ1) is 15.0. The zero-order valence-electron chi connectivity index (χ0n) is 12.0.